The molecule has 4 nitrogen and oxygen atoms in total. The molecule has 4 rings (SSSR count). The number of hydrogen-bond acceptors (Lipinski definition) is 4. The van der Waals surface area contributed by atoms with Crippen LogP contribution in [0.5, 0.6) is 0 Å². The summed E-state index contributed by atoms with van der Waals surface area (Å²) in [6.45, 7) is 4.78. The van der Waals surface area contributed by atoms with Crippen LogP contribution in [0.3, 0.4) is 0 Å². The first-order chi connectivity index (χ1) is 10.4. The van der Waals surface area contributed by atoms with Gasteiger partial charge >= 0.3 is 0 Å². The Morgan fingerprint density at radius 1 is 1.27 bits per heavy atom. The predicted octanol–water partition coefficient (Wildman–Crippen LogP) is 1.69. The molecule has 122 valence electrons. The van der Waals surface area contributed by atoms with Crippen LogP contribution in [0, 0.1) is 28.6 Å². The molecule has 0 amide bonds. The van der Waals surface area contributed by atoms with E-state index in [9.17, 15) is 15.0 Å². The zero-order valence-electron chi connectivity index (χ0n) is 13.4. The van der Waals surface area contributed by atoms with Crippen LogP contribution in [0.2, 0.25) is 0 Å². The Morgan fingerprint density at radius 2 is 2.05 bits per heavy atom. The molecule has 0 spiro atoms. The molecule has 3 aliphatic carbocycles. The fraction of sp³-hybridized carbons (Fsp3) is 0.833. The van der Waals surface area contributed by atoms with E-state index < -0.39 is 12.2 Å². The average molecular weight is 306 g/mol. The van der Waals surface area contributed by atoms with Gasteiger partial charge in [-0.3, -0.25) is 4.79 Å². The fourth-order valence-electron chi connectivity index (χ4n) is 5.84. The van der Waals surface area contributed by atoms with E-state index in [4.69, 9.17) is 4.74 Å². The first kappa shape index (κ1) is 14.9. The van der Waals surface area contributed by atoms with Crippen molar-refractivity contribution >= 4 is 5.78 Å². The van der Waals surface area contributed by atoms with Crippen LogP contribution >= 0.6 is 0 Å². The van der Waals surface area contributed by atoms with Gasteiger partial charge in [0.1, 0.15) is 0 Å². The standard InChI is InChI=1S/C18H26O4/c1-17-6-5-11(19)7-10(17)3-4-12-13-8-14(20)15(21)18(13,2)9-22-16(12)17/h5-6,10,12-16,20-21H,3-4,7-9H2,1-2H3/t10?,12-,13-,14?,15?,16+,17-,18-/m0/s1. The summed E-state index contributed by atoms with van der Waals surface area (Å²) in [7, 11) is 0. The number of rotatable bonds is 0. The third kappa shape index (κ3) is 1.78. The van der Waals surface area contributed by atoms with Crippen LogP contribution in [-0.4, -0.2) is 40.9 Å². The van der Waals surface area contributed by atoms with Gasteiger partial charge in [0.25, 0.3) is 0 Å². The second-order valence-electron chi connectivity index (χ2n) is 8.40. The van der Waals surface area contributed by atoms with Crippen molar-refractivity contribution < 1.29 is 19.7 Å². The van der Waals surface area contributed by atoms with E-state index in [-0.39, 0.29) is 22.7 Å². The second-order valence-corrected chi connectivity index (χ2v) is 8.40. The minimum atomic E-state index is -0.688. The van der Waals surface area contributed by atoms with Crippen LogP contribution in [0.25, 0.3) is 0 Å². The quantitative estimate of drug-likeness (QED) is 0.715. The molecule has 0 aromatic carbocycles. The molecular formula is C18H26O4. The van der Waals surface area contributed by atoms with E-state index in [2.05, 4.69) is 19.9 Å². The van der Waals surface area contributed by atoms with Crippen molar-refractivity contribution in [2.24, 2.45) is 28.6 Å². The van der Waals surface area contributed by atoms with Crippen molar-refractivity contribution in [3.05, 3.63) is 12.2 Å². The topological polar surface area (TPSA) is 66.8 Å². The SMILES string of the molecule is C[C@]12C=CC(=O)CC1CC[C@@H]1[C@H]2OC[C@]2(C)C(O)C(O)C[C@@H]12. The number of fused-ring (bicyclic) bond motifs is 5. The number of allylic oxidation sites excluding steroid dienone is 1. The van der Waals surface area contributed by atoms with Gasteiger partial charge in [-0.15, -0.1) is 0 Å². The lowest BCUT2D eigenvalue weighted by Crippen LogP contribution is -2.59. The predicted molar refractivity (Wildman–Crippen MR) is 81.1 cm³/mol. The Bertz CT molecular complexity index is 529. The van der Waals surface area contributed by atoms with E-state index in [1.54, 1.807) is 6.08 Å². The highest BCUT2D eigenvalue weighted by Gasteiger charge is 2.62. The molecule has 2 N–H and O–H groups in total. The molecule has 1 aliphatic heterocycles. The van der Waals surface area contributed by atoms with Crippen molar-refractivity contribution in [3.63, 3.8) is 0 Å². The van der Waals surface area contributed by atoms with E-state index in [1.165, 1.54) is 0 Å². The first-order valence-corrected chi connectivity index (χ1v) is 8.56. The number of carbonyl (C=O) groups excluding carboxylic acids is 1. The van der Waals surface area contributed by atoms with Crippen molar-refractivity contribution in [2.45, 2.75) is 57.8 Å². The Balaban J connectivity index is 1.68. The number of ether oxygens (including phenoxy) is 1. The van der Waals surface area contributed by atoms with Crippen molar-refractivity contribution in [1.29, 1.82) is 0 Å². The lowest BCUT2D eigenvalue weighted by atomic mass is 9.53. The van der Waals surface area contributed by atoms with Crippen molar-refractivity contribution in [2.75, 3.05) is 6.61 Å². The van der Waals surface area contributed by atoms with Gasteiger partial charge in [0.05, 0.1) is 24.9 Å². The van der Waals surface area contributed by atoms with Gasteiger partial charge in [-0.2, -0.15) is 0 Å². The Morgan fingerprint density at radius 3 is 2.82 bits per heavy atom. The second kappa shape index (κ2) is 4.65. The summed E-state index contributed by atoms with van der Waals surface area (Å²) in [5.41, 5.74) is -0.422. The van der Waals surface area contributed by atoms with Crippen LogP contribution in [0.15, 0.2) is 12.2 Å². The molecule has 1 saturated heterocycles. The van der Waals surface area contributed by atoms with E-state index in [1.807, 2.05) is 0 Å². The number of aliphatic hydroxyl groups is 2. The van der Waals surface area contributed by atoms with Crippen molar-refractivity contribution in [3.8, 4) is 0 Å². The zero-order chi connectivity index (χ0) is 15.7. The van der Waals surface area contributed by atoms with Crippen LogP contribution in [0.1, 0.15) is 39.5 Å². The highest BCUT2D eigenvalue weighted by Crippen LogP contribution is 2.60. The van der Waals surface area contributed by atoms with Gasteiger partial charge in [0.15, 0.2) is 5.78 Å². The highest BCUT2D eigenvalue weighted by atomic mass is 16.5. The molecule has 4 heteroatoms. The largest absolute Gasteiger partial charge is 0.390 e. The molecule has 0 aromatic rings. The van der Waals surface area contributed by atoms with Crippen LogP contribution in [0.4, 0.5) is 0 Å². The van der Waals surface area contributed by atoms with E-state index in [0.29, 0.717) is 37.2 Å². The summed E-state index contributed by atoms with van der Waals surface area (Å²) in [5.74, 6) is 1.27. The molecule has 3 fully saturated rings. The lowest BCUT2D eigenvalue weighted by molar-refractivity contribution is -0.205. The molecule has 8 atom stereocenters. The smallest absolute Gasteiger partial charge is 0.155 e. The molecule has 22 heavy (non-hydrogen) atoms. The van der Waals surface area contributed by atoms with Crippen LogP contribution in [-0.2, 0) is 9.53 Å². The molecule has 0 bridgehead atoms. The number of carbonyl (C=O) groups is 1. The molecule has 0 radical (unpaired) electrons. The molecule has 3 unspecified atom stereocenters. The van der Waals surface area contributed by atoms with E-state index >= 15 is 0 Å². The van der Waals surface area contributed by atoms with Gasteiger partial charge in [-0.05, 0) is 43.1 Å². The summed E-state index contributed by atoms with van der Waals surface area (Å²) < 4.78 is 6.29. The summed E-state index contributed by atoms with van der Waals surface area (Å²) in [6, 6.07) is 0. The van der Waals surface area contributed by atoms with Gasteiger partial charge in [-0.1, -0.05) is 19.9 Å². The minimum absolute atomic E-state index is 0.0867. The maximum Gasteiger partial charge on any atom is 0.155 e. The Kier molecular flexibility index (Phi) is 3.14. The molecule has 0 aromatic heterocycles. The van der Waals surface area contributed by atoms with Crippen molar-refractivity contribution in [1.82, 2.24) is 0 Å². The third-order valence-electron chi connectivity index (χ3n) is 7.28. The van der Waals surface area contributed by atoms with Gasteiger partial charge < -0.3 is 14.9 Å². The summed E-state index contributed by atoms with van der Waals surface area (Å²) in [4.78, 5) is 11.7. The number of aliphatic hydroxyl groups excluding tert-OH is 2. The van der Waals surface area contributed by atoms with Gasteiger partial charge in [0.2, 0.25) is 0 Å². The maximum atomic E-state index is 11.7. The average Bonchev–Trinajstić information content (AvgIpc) is 2.72. The van der Waals surface area contributed by atoms with E-state index in [0.717, 1.165) is 12.8 Å². The van der Waals surface area contributed by atoms with Gasteiger partial charge in [0, 0.05) is 17.3 Å². The fourth-order valence-corrected chi connectivity index (χ4v) is 5.84. The Hall–Kier alpha value is -0.710. The summed E-state index contributed by atoms with van der Waals surface area (Å²) in [5, 5.41) is 20.5. The Labute approximate surface area is 131 Å². The third-order valence-corrected chi connectivity index (χ3v) is 7.28. The molecular weight excluding hydrogens is 280 g/mol. The van der Waals surface area contributed by atoms with Gasteiger partial charge in [-0.25, -0.2) is 0 Å². The first-order valence-electron chi connectivity index (χ1n) is 8.56. The molecule has 2 saturated carbocycles. The highest BCUT2D eigenvalue weighted by molar-refractivity contribution is 5.91. The number of ketones is 1. The monoisotopic (exact) mass is 306 g/mol. The summed E-state index contributed by atoms with van der Waals surface area (Å²) >= 11 is 0. The normalized spacial score (nSPS) is 57.2. The van der Waals surface area contributed by atoms with Crippen LogP contribution < -0.4 is 0 Å². The maximum absolute atomic E-state index is 11.7. The summed E-state index contributed by atoms with van der Waals surface area (Å²) in [6.07, 6.45) is 5.96. The molecule has 1 heterocycles. The number of hydrogen-bond donors (Lipinski definition) is 2. The lowest BCUT2D eigenvalue weighted by Gasteiger charge is -2.57. The molecule has 4 aliphatic rings. The minimum Gasteiger partial charge on any atom is -0.390 e. The zero-order valence-corrected chi connectivity index (χ0v) is 13.4.